The van der Waals surface area contributed by atoms with Gasteiger partial charge in [-0.1, -0.05) is 23.2 Å². The van der Waals surface area contributed by atoms with E-state index in [9.17, 15) is 0 Å². The highest BCUT2D eigenvalue weighted by Crippen LogP contribution is 2.46. The normalized spacial score (nSPS) is 17.3. The standard InChI is InChI=1S/C22H24Cl2N4O3.C3H8O/c1-12-8-13-14(10-25-12)26-20(27-21(13)28-7-6-22(2,11-28)31-5)17-18(23)15(29-3)9-16(30-4)19(17)24;1-3-4-2/h8-10H,6-7,11H2,1-5H3;3H2,1-2H3. The van der Waals surface area contributed by atoms with Crippen molar-refractivity contribution in [2.75, 3.05) is 53.0 Å². The fraction of sp³-hybridized carbons (Fsp3) is 0.480. The molecule has 0 spiro atoms. The van der Waals surface area contributed by atoms with Crippen molar-refractivity contribution in [3.8, 4) is 22.9 Å². The summed E-state index contributed by atoms with van der Waals surface area (Å²) in [6, 6.07) is 3.64. The fourth-order valence-electron chi connectivity index (χ4n) is 3.84. The van der Waals surface area contributed by atoms with Gasteiger partial charge in [-0.25, -0.2) is 9.97 Å². The molecule has 2 aromatic heterocycles. The van der Waals surface area contributed by atoms with Gasteiger partial charge in [-0.3, -0.25) is 4.98 Å². The van der Waals surface area contributed by atoms with Crippen LogP contribution in [0.25, 0.3) is 22.3 Å². The van der Waals surface area contributed by atoms with E-state index in [4.69, 9.17) is 47.4 Å². The van der Waals surface area contributed by atoms with Gasteiger partial charge >= 0.3 is 0 Å². The molecule has 1 aliphatic rings. The average Bonchev–Trinajstić information content (AvgIpc) is 3.26. The van der Waals surface area contributed by atoms with Gasteiger partial charge in [0.05, 0.1) is 47.1 Å². The maximum absolute atomic E-state index is 6.64. The Morgan fingerprint density at radius 3 is 2.17 bits per heavy atom. The molecule has 1 aromatic carbocycles. The third-order valence-electron chi connectivity index (χ3n) is 6.01. The lowest BCUT2D eigenvalue weighted by molar-refractivity contribution is 0.0256. The van der Waals surface area contributed by atoms with Crippen molar-refractivity contribution >= 4 is 39.9 Å². The summed E-state index contributed by atoms with van der Waals surface area (Å²) in [5.41, 5.74) is 1.80. The summed E-state index contributed by atoms with van der Waals surface area (Å²) >= 11 is 13.3. The highest BCUT2D eigenvalue weighted by Gasteiger charge is 2.35. The van der Waals surface area contributed by atoms with Gasteiger partial charge in [-0.2, -0.15) is 0 Å². The van der Waals surface area contributed by atoms with Crippen LogP contribution in [0.15, 0.2) is 18.3 Å². The number of halogens is 2. The molecule has 0 amide bonds. The second kappa shape index (κ2) is 11.6. The summed E-state index contributed by atoms with van der Waals surface area (Å²) in [7, 11) is 6.49. The zero-order valence-electron chi connectivity index (χ0n) is 21.2. The predicted octanol–water partition coefficient (Wildman–Crippen LogP) is 5.59. The Kier molecular flexibility index (Phi) is 8.99. The van der Waals surface area contributed by atoms with Crippen LogP contribution in [-0.4, -0.2) is 68.7 Å². The third kappa shape index (κ3) is 5.72. The molecule has 35 heavy (non-hydrogen) atoms. The lowest BCUT2D eigenvalue weighted by Crippen LogP contribution is -2.32. The van der Waals surface area contributed by atoms with Crippen LogP contribution in [0.4, 0.5) is 5.82 Å². The summed E-state index contributed by atoms with van der Waals surface area (Å²) in [4.78, 5) is 16.3. The van der Waals surface area contributed by atoms with Crippen LogP contribution in [0.2, 0.25) is 10.0 Å². The first-order chi connectivity index (χ1) is 16.7. The Labute approximate surface area is 216 Å². The number of methoxy groups -OCH3 is 4. The van der Waals surface area contributed by atoms with Crippen molar-refractivity contribution in [2.45, 2.75) is 32.8 Å². The number of benzene rings is 1. The van der Waals surface area contributed by atoms with E-state index >= 15 is 0 Å². The smallest absolute Gasteiger partial charge is 0.165 e. The molecule has 1 unspecified atom stereocenters. The van der Waals surface area contributed by atoms with Crippen LogP contribution in [0.3, 0.4) is 0 Å². The first-order valence-electron chi connectivity index (χ1n) is 11.3. The molecule has 0 saturated carbocycles. The number of ether oxygens (including phenoxy) is 4. The summed E-state index contributed by atoms with van der Waals surface area (Å²) < 4.78 is 21.1. The van der Waals surface area contributed by atoms with Crippen LogP contribution in [0, 0.1) is 6.92 Å². The van der Waals surface area contributed by atoms with E-state index in [1.807, 2.05) is 19.9 Å². The van der Waals surface area contributed by atoms with Crippen molar-refractivity contribution in [1.82, 2.24) is 15.0 Å². The van der Waals surface area contributed by atoms with Crippen molar-refractivity contribution in [2.24, 2.45) is 0 Å². The lowest BCUT2D eigenvalue weighted by Gasteiger charge is -2.24. The van der Waals surface area contributed by atoms with Crippen molar-refractivity contribution in [3.05, 3.63) is 34.1 Å². The van der Waals surface area contributed by atoms with E-state index < -0.39 is 0 Å². The number of hydrogen-bond acceptors (Lipinski definition) is 8. The number of aromatic nitrogens is 3. The number of hydrogen-bond donors (Lipinski definition) is 0. The molecule has 10 heteroatoms. The molecule has 0 aliphatic carbocycles. The summed E-state index contributed by atoms with van der Waals surface area (Å²) in [6.07, 6.45) is 2.63. The molecule has 3 aromatic rings. The summed E-state index contributed by atoms with van der Waals surface area (Å²) in [6.45, 7) is 8.34. The number of anilines is 1. The Hall–Kier alpha value is -2.39. The topological polar surface area (TPSA) is 78.8 Å². The van der Waals surface area contributed by atoms with E-state index in [1.165, 1.54) is 14.2 Å². The zero-order valence-corrected chi connectivity index (χ0v) is 22.8. The number of pyridine rings is 1. The number of fused-ring (bicyclic) bond motifs is 1. The summed E-state index contributed by atoms with van der Waals surface area (Å²) in [5.74, 6) is 2.03. The Morgan fingerprint density at radius 2 is 1.66 bits per heavy atom. The molecule has 1 fully saturated rings. The van der Waals surface area contributed by atoms with E-state index in [-0.39, 0.29) is 5.60 Å². The van der Waals surface area contributed by atoms with Gasteiger partial charge in [-0.05, 0) is 33.3 Å². The third-order valence-corrected chi connectivity index (χ3v) is 6.76. The second-order valence-corrected chi connectivity index (χ2v) is 9.16. The van der Waals surface area contributed by atoms with Gasteiger partial charge in [0.2, 0.25) is 0 Å². The van der Waals surface area contributed by atoms with E-state index in [0.29, 0.717) is 45.0 Å². The maximum Gasteiger partial charge on any atom is 0.165 e. The predicted molar refractivity (Wildman–Crippen MR) is 140 cm³/mol. The van der Waals surface area contributed by atoms with Gasteiger partial charge in [0.1, 0.15) is 17.3 Å². The van der Waals surface area contributed by atoms with Gasteiger partial charge in [0.15, 0.2) is 5.82 Å². The lowest BCUT2D eigenvalue weighted by atomic mass is 10.1. The summed E-state index contributed by atoms with van der Waals surface area (Å²) in [5, 5.41) is 1.56. The first-order valence-corrected chi connectivity index (χ1v) is 12.0. The number of aryl methyl sites for hydroxylation is 1. The molecule has 1 atom stereocenters. The molecule has 4 rings (SSSR count). The molecular formula is C25H32Cl2N4O4. The maximum atomic E-state index is 6.64. The largest absolute Gasteiger partial charge is 0.495 e. The SMILES string of the molecule is CCOC.COc1cc(OC)c(Cl)c(-c2nc(N3CCC(C)(OC)C3)c3cc(C)ncc3n2)c1Cl. The second-order valence-electron chi connectivity index (χ2n) is 8.40. The Morgan fingerprint density at radius 1 is 1.03 bits per heavy atom. The van der Waals surface area contributed by atoms with Gasteiger partial charge in [0.25, 0.3) is 0 Å². The Bertz CT molecular complexity index is 1160. The molecule has 0 radical (unpaired) electrons. The quantitative estimate of drug-likeness (QED) is 0.414. The van der Waals surface area contributed by atoms with Crippen LogP contribution >= 0.6 is 23.2 Å². The van der Waals surface area contributed by atoms with E-state index in [1.54, 1.807) is 26.5 Å². The van der Waals surface area contributed by atoms with Crippen molar-refractivity contribution < 1.29 is 18.9 Å². The molecule has 1 saturated heterocycles. The molecule has 8 nitrogen and oxygen atoms in total. The van der Waals surface area contributed by atoms with Gasteiger partial charge < -0.3 is 23.8 Å². The highest BCUT2D eigenvalue weighted by molar-refractivity contribution is 6.41. The van der Waals surface area contributed by atoms with E-state index in [0.717, 1.165) is 36.5 Å². The molecule has 190 valence electrons. The van der Waals surface area contributed by atoms with Crippen molar-refractivity contribution in [1.29, 1.82) is 0 Å². The van der Waals surface area contributed by atoms with Gasteiger partial charge in [-0.15, -0.1) is 0 Å². The minimum atomic E-state index is -0.242. The minimum absolute atomic E-state index is 0.242. The fourth-order valence-corrected chi connectivity index (χ4v) is 4.51. The van der Waals surface area contributed by atoms with Crippen LogP contribution < -0.4 is 14.4 Å². The van der Waals surface area contributed by atoms with Crippen molar-refractivity contribution in [3.63, 3.8) is 0 Å². The molecule has 1 aliphatic heterocycles. The monoisotopic (exact) mass is 522 g/mol. The molecule has 3 heterocycles. The first kappa shape index (κ1) is 27.2. The average molecular weight is 523 g/mol. The van der Waals surface area contributed by atoms with Crippen LogP contribution in [0.1, 0.15) is 26.0 Å². The van der Waals surface area contributed by atoms with Gasteiger partial charge in [0, 0.05) is 51.1 Å². The minimum Gasteiger partial charge on any atom is -0.495 e. The zero-order chi connectivity index (χ0) is 25.8. The molecule has 0 bridgehead atoms. The highest BCUT2D eigenvalue weighted by atomic mass is 35.5. The molecular weight excluding hydrogens is 491 g/mol. The van der Waals surface area contributed by atoms with Crippen LogP contribution in [-0.2, 0) is 9.47 Å². The molecule has 0 N–H and O–H groups in total. The Balaban J connectivity index is 0.000000795. The number of nitrogens with zero attached hydrogens (tertiary/aromatic N) is 4. The van der Waals surface area contributed by atoms with E-state index in [2.05, 4.69) is 21.5 Å². The van der Waals surface area contributed by atoms with Crippen LogP contribution in [0.5, 0.6) is 11.5 Å². The number of rotatable bonds is 6.